The van der Waals surface area contributed by atoms with Crippen LogP contribution in [0.2, 0.25) is 5.02 Å². The normalized spacial score (nSPS) is 12.2. The maximum atomic E-state index is 11.8. The topological polar surface area (TPSA) is 68.0 Å². The number of halogens is 1. The van der Waals surface area contributed by atoms with Crippen molar-refractivity contribution in [3.8, 4) is 11.5 Å². The van der Waals surface area contributed by atoms with Crippen molar-refractivity contribution in [3.63, 3.8) is 0 Å². The molecule has 0 aliphatic rings. The van der Waals surface area contributed by atoms with Crippen molar-refractivity contribution in [1.82, 2.24) is 15.5 Å². The second-order valence-corrected chi connectivity index (χ2v) is 4.58. The first-order chi connectivity index (χ1) is 9.11. The van der Waals surface area contributed by atoms with Gasteiger partial charge in [0.15, 0.2) is 0 Å². The maximum absolute atomic E-state index is 11.8. The predicted molar refractivity (Wildman–Crippen MR) is 72.0 cm³/mol. The standard InChI is InChI=1S/C13H14ClN3O2/c1-3-8(2)15-11(18)13-17-16-12(19-13)9-6-4-5-7-10(9)14/h4-8H,3H2,1-2H3,(H,15,18). The van der Waals surface area contributed by atoms with Crippen LogP contribution in [0.3, 0.4) is 0 Å². The van der Waals surface area contributed by atoms with E-state index >= 15 is 0 Å². The zero-order valence-electron chi connectivity index (χ0n) is 10.7. The van der Waals surface area contributed by atoms with Crippen LogP contribution in [0.15, 0.2) is 28.7 Å². The van der Waals surface area contributed by atoms with Crippen molar-refractivity contribution in [3.05, 3.63) is 35.2 Å². The highest BCUT2D eigenvalue weighted by Crippen LogP contribution is 2.26. The number of carbonyl (C=O) groups is 1. The third-order valence-electron chi connectivity index (χ3n) is 2.71. The van der Waals surface area contributed by atoms with Gasteiger partial charge in [-0.15, -0.1) is 10.2 Å². The predicted octanol–water partition coefficient (Wildman–Crippen LogP) is 2.92. The summed E-state index contributed by atoms with van der Waals surface area (Å²) in [5.74, 6) is -0.199. The highest BCUT2D eigenvalue weighted by molar-refractivity contribution is 6.33. The van der Waals surface area contributed by atoms with Crippen molar-refractivity contribution in [2.24, 2.45) is 0 Å². The molecule has 100 valence electrons. The molecule has 1 amide bonds. The molecular formula is C13H14ClN3O2. The van der Waals surface area contributed by atoms with Crippen LogP contribution in [0.25, 0.3) is 11.5 Å². The lowest BCUT2D eigenvalue weighted by Crippen LogP contribution is -2.32. The van der Waals surface area contributed by atoms with E-state index < -0.39 is 0 Å². The van der Waals surface area contributed by atoms with Gasteiger partial charge in [0.2, 0.25) is 5.89 Å². The van der Waals surface area contributed by atoms with Gasteiger partial charge in [0, 0.05) is 6.04 Å². The van der Waals surface area contributed by atoms with Gasteiger partial charge in [0.25, 0.3) is 0 Å². The van der Waals surface area contributed by atoms with E-state index in [1.807, 2.05) is 19.9 Å². The summed E-state index contributed by atoms with van der Waals surface area (Å²) in [6.07, 6.45) is 0.831. The van der Waals surface area contributed by atoms with Crippen LogP contribution in [0.4, 0.5) is 0 Å². The highest BCUT2D eigenvalue weighted by Gasteiger charge is 2.18. The summed E-state index contributed by atoms with van der Waals surface area (Å²) in [6, 6.07) is 7.15. The molecule has 1 unspecified atom stereocenters. The first-order valence-corrected chi connectivity index (χ1v) is 6.39. The van der Waals surface area contributed by atoms with E-state index in [0.29, 0.717) is 10.6 Å². The van der Waals surface area contributed by atoms with Gasteiger partial charge in [-0.05, 0) is 25.5 Å². The van der Waals surface area contributed by atoms with Crippen LogP contribution in [-0.2, 0) is 0 Å². The molecule has 0 bridgehead atoms. The number of nitrogens with one attached hydrogen (secondary N) is 1. The third kappa shape index (κ3) is 3.12. The molecule has 1 aromatic heterocycles. The van der Waals surface area contributed by atoms with Gasteiger partial charge in [0.05, 0.1) is 10.6 Å². The molecule has 1 aromatic carbocycles. The summed E-state index contributed by atoms with van der Waals surface area (Å²) >= 11 is 6.03. The average Bonchev–Trinajstić information content (AvgIpc) is 2.88. The minimum atomic E-state index is -0.375. The van der Waals surface area contributed by atoms with Crippen LogP contribution in [0.5, 0.6) is 0 Å². The SMILES string of the molecule is CCC(C)NC(=O)c1nnc(-c2ccccc2Cl)o1. The number of benzene rings is 1. The minimum Gasteiger partial charge on any atom is -0.412 e. The number of nitrogens with zero attached hydrogens (tertiary/aromatic N) is 2. The number of amides is 1. The Hall–Kier alpha value is -1.88. The van der Waals surface area contributed by atoms with E-state index in [9.17, 15) is 4.79 Å². The molecule has 2 rings (SSSR count). The van der Waals surface area contributed by atoms with E-state index in [1.54, 1.807) is 18.2 Å². The van der Waals surface area contributed by atoms with E-state index in [2.05, 4.69) is 15.5 Å². The summed E-state index contributed by atoms with van der Waals surface area (Å²) in [7, 11) is 0. The summed E-state index contributed by atoms with van der Waals surface area (Å²) in [5.41, 5.74) is 0.610. The fourth-order valence-corrected chi connectivity index (χ4v) is 1.66. The van der Waals surface area contributed by atoms with Gasteiger partial charge in [-0.1, -0.05) is 30.7 Å². The molecule has 0 aliphatic carbocycles. The third-order valence-corrected chi connectivity index (χ3v) is 3.04. The van der Waals surface area contributed by atoms with Crippen LogP contribution in [-0.4, -0.2) is 22.1 Å². The molecule has 6 heteroatoms. The molecule has 19 heavy (non-hydrogen) atoms. The maximum Gasteiger partial charge on any atom is 0.309 e. The van der Waals surface area contributed by atoms with E-state index in [0.717, 1.165) is 6.42 Å². The summed E-state index contributed by atoms with van der Waals surface area (Å²) in [6.45, 7) is 3.89. The molecule has 0 fully saturated rings. The van der Waals surface area contributed by atoms with E-state index in [-0.39, 0.29) is 23.7 Å². The highest BCUT2D eigenvalue weighted by atomic mass is 35.5. The van der Waals surface area contributed by atoms with Crippen molar-refractivity contribution in [1.29, 1.82) is 0 Å². The first kappa shape index (κ1) is 13.5. The largest absolute Gasteiger partial charge is 0.412 e. The lowest BCUT2D eigenvalue weighted by molar-refractivity contribution is 0.0905. The van der Waals surface area contributed by atoms with E-state index in [1.165, 1.54) is 0 Å². The number of hydrogen-bond acceptors (Lipinski definition) is 4. The van der Waals surface area contributed by atoms with Crippen molar-refractivity contribution < 1.29 is 9.21 Å². The van der Waals surface area contributed by atoms with Crippen molar-refractivity contribution >= 4 is 17.5 Å². The molecule has 5 nitrogen and oxygen atoms in total. The molecule has 1 heterocycles. The number of rotatable bonds is 4. The van der Waals surface area contributed by atoms with Crippen LogP contribution < -0.4 is 5.32 Å². The Morgan fingerprint density at radius 2 is 2.16 bits per heavy atom. The molecule has 0 saturated heterocycles. The first-order valence-electron chi connectivity index (χ1n) is 6.01. The number of aromatic nitrogens is 2. The van der Waals surface area contributed by atoms with Crippen molar-refractivity contribution in [2.75, 3.05) is 0 Å². The van der Waals surface area contributed by atoms with Gasteiger partial charge in [-0.3, -0.25) is 4.79 Å². The Morgan fingerprint density at radius 3 is 2.84 bits per heavy atom. The molecule has 0 aliphatic heterocycles. The second-order valence-electron chi connectivity index (χ2n) is 4.17. The molecule has 2 aromatic rings. The summed E-state index contributed by atoms with van der Waals surface area (Å²) < 4.78 is 5.34. The lowest BCUT2D eigenvalue weighted by Gasteiger charge is -2.08. The zero-order chi connectivity index (χ0) is 13.8. The van der Waals surface area contributed by atoms with Gasteiger partial charge in [-0.2, -0.15) is 0 Å². The van der Waals surface area contributed by atoms with Gasteiger partial charge < -0.3 is 9.73 Å². The average molecular weight is 280 g/mol. The number of hydrogen-bond donors (Lipinski definition) is 1. The van der Waals surface area contributed by atoms with Gasteiger partial charge in [-0.25, -0.2) is 0 Å². The van der Waals surface area contributed by atoms with Crippen molar-refractivity contribution in [2.45, 2.75) is 26.3 Å². The Balaban J connectivity index is 2.20. The minimum absolute atomic E-state index is 0.0585. The van der Waals surface area contributed by atoms with Gasteiger partial charge in [0.1, 0.15) is 0 Å². The van der Waals surface area contributed by atoms with Crippen LogP contribution in [0, 0.1) is 0 Å². The van der Waals surface area contributed by atoms with Crippen LogP contribution in [0.1, 0.15) is 31.0 Å². The quantitative estimate of drug-likeness (QED) is 0.934. The van der Waals surface area contributed by atoms with Gasteiger partial charge >= 0.3 is 11.8 Å². The zero-order valence-corrected chi connectivity index (χ0v) is 11.4. The fraction of sp³-hybridized carbons (Fsp3) is 0.308. The lowest BCUT2D eigenvalue weighted by atomic mass is 10.2. The molecular weight excluding hydrogens is 266 g/mol. The Labute approximate surface area is 116 Å². The molecule has 0 spiro atoms. The molecule has 0 radical (unpaired) electrons. The smallest absolute Gasteiger partial charge is 0.309 e. The Bertz CT molecular complexity index is 583. The molecule has 1 atom stereocenters. The fourth-order valence-electron chi connectivity index (χ4n) is 1.45. The Kier molecular flexibility index (Phi) is 4.16. The second kappa shape index (κ2) is 5.84. The number of carbonyl (C=O) groups excluding carboxylic acids is 1. The monoisotopic (exact) mass is 279 g/mol. The summed E-state index contributed by atoms with van der Waals surface area (Å²) in [4.78, 5) is 11.8. The Morgan fingerprint density at radius 1 is 1.42 bits per heavy atom. The van der Waals surface area contributed by atoms with E-state index in [4.69, 9.17) is 16.0 Å². The van der Waals surface area contributed by atoms with Crippen LogP contribution >= 0.6 is 11.6 Å². The summed E-state index contributed by atoms with van der Waals surface area (Å²) in [5, 5.41) is 10.8. The molecule has 0 saturated carbocycles. The molecule has 1 N–H and O–H groups in total.